The topological polar surface area (TPSA) is 102 Å². The molecule has 4 aromatic rings. The number of carbonyl (C=O) groups is 1. The second-order valence-electron chi connectivity index (χ2n) is 8.09. The first-order chi connectivity index (χ1) is 15.7. The van der Waals surface area contributed by atoms with Crippen LogP contribution < -0.4 is 15.4 Å². The van der Waals surface area contributed by atoms with Gasteiger partial charge >= 0.3 is 0 Å². The van der Waals surface area contributed by atoms with Crippen molar-refractivity contribution in [2.75, 3.05) is 12.4 Å². The largest absolute Gasteiger partial charge is 0.481 e. The molecule has 9 heteroatoms. The number of rotatable bonds is 6. The van der Waals surface area contributed by atoms with Crippen molar-refractivity contribution in [3.05, 3.63) is 48.2 Å². The highest BCUT2D eigenvalue weighted by Crippen LogP contribution is 2.28. The number of carbonyl (C=O) groups excluding carboxylic acids is 1. The van der Waals surface area contributed by atoms with Crippen molar-refractivity contribution in [1.29, 1.82) is 0 Å². The van der Waals surface area contributed by atoms with Crippen LogP contribution in [0, 0.1) is 5.92 Å². The third-order valence-corrected chi connectivity index (χ3v) is 6.59. The number of hydrogen-bond acceptors (Lipinski definition) is 8. The summed E-state index contributed by atoms with van der Waals surface area (Å²) in [6, 6.07) is 12.0. The maximum absolute atomic E-state index is 12.9. The Bertz CT molecular complexity index is 1250. The molecule has 1 aromatic carbocycles. The number of nitrogens with one attached hydrogen (secondary N) is 2. The number of anilines is 1. The van der Waals surface area contributed by atoms with Gasteiger partial charge in [0.2, 0.25) is 11.8 Å². The fourth-order valence-electron chi connectivity index (χ4n) is 4.22. The van der Waals surface area contributed by atoms with Gasteiger partial charge in [0.15, 0.2) is 0 Å². The number of pyridine rings is 2. The minimum Gasteiger partial charge on any atom is -0.481 e. The average Bonchev–Trinajstić information content (AvgIpc) is 3.31. The summed E-state index contributed by atoms with van der Waals surface area (Å²) in [4.78, 5) is 21.7. The van der Waals surface area contributed by atoms with Crippen molar-refractivity contribution in [2.45, 2.75) is 38.3 Å². The van der Waals surface area contributed by atoms with E-state index in [1.807, 2.05) is 12.1 Å². The summed E-state index contributed by atoms with van der Waals surface area (Å²) >= 11 is 1.24. The first kappa shape index (κ1) is 20.7. The van der Waals surface area contributed by atoms with Gasteiger partial charge in [-0.3, -0.25) is 9.78 Å². The molecule has 0 saturated heterocycles. The van der Waals surface area contributed by atoms with Gasteiger partial charge in [0.1, 0.15) is 16.6 Å². The third kappa shape index (κ3) is 4.39. The summed E-state index contributed by atoms with van der Waals surface area (Å²) < 4.78 is 13.8. The fourth-order valence-corrected chi connectivity index (χ4v) is 4.73. The number of benzene rings is 1. The van der Waals surface area contributed by atoms with Crippen LogP contribution in [0.1, 0.15) is 31.2 Å². The number of nitrogens with zero attached hydrogens (tertiary/aromatic N) is 4. The standard InChI is InChI=1S/C23H24N6O2S/c1-31-21-9-8-18-22(27-21)19(10-11-24-18)26-23(30)15-3-5-16(6-4-15)25-13-14-2-7-17-20(12-14)29-32-28-17/h2,7-12,15-16,25H,3-6,13H2,1H3,(H,24,26,30). The maximum Gasteiger partial charge on any atom is 0.227 e. The maximum atomic E-state index is 12.9. The monoisotopic (exact) mass is 448 g/mol. The first-order valence-electron chi connectivity index (χ1n) is 10.7. The Labute approximate surface area is 189 Å². The molecule has 0 unspecified atom stereocenters. The third-order valence-electron chi connectivity index (χ3n) is 6.04. The summed E-state index contributed by atoms with van der Waals surface area (Å²) in [5.74, 6) is 0.541. The Balaban J connectivity index is 1.16. The molecule has 1 aliphatic carbocycles. The van der Waals surface area contributed by atoms with Gasteiger partial charge in [-0.2, -0.15) is 8.75 Å². The first-order valence-corrected chi connectivity index (χ1v) is 11.5. The molecule has 0 spiro atoms. The Hall–Kier alpha value is -3.17. The molecule has 3 heterocycles. The van der Waals surface area contributed by atoms with Gasteiger partial charge in [-0.25, -0.2) is 4.98 Å². The van der Waals surface area contributed by atoms with Gasteiger partial charge in [-0.1, -0.05) is 6.07 Å². The van der Waals surface area contributed by atoms with Gasteiger partial charge in [-0.05, 0) is 55.5 Å². The van der Waals surface area contributed by atoms with E-state index in [1.165, 1.54) is 17.3 Å². The fraction of sp³-hybridized carbons (Fsp3) is 0.348. The van der Waals surface area contributed by atoms with Crippen LogP contribution in [0.2, 0.25) is 0 Å². The molecular formula is C23H24N6O2S. The van der Waals surface area contributed by atoms with Crippen molar-refractivity contribution in [1.82, 2.24) is 24.0 Å². The molecule has 1 amide bonds. The molecule has 1 saturated carbocycles. The normalized spacial score (nSPS) is 18.7. The highest BCUT2D eigenvalue weighted by atomic mass is 32.1. The van der Waals surface area contributed by atoms with Crippen LogP contribution in [0.15, 0.2) is 42.6 Å². The zero-order valence-electron chi connectivity index (χ0n) is 17.7. The molecule has 0 radical (unpaired) electrons. The molecule has 0 atom stereocenters. The Morgan fingerprint density at radius 3 is 2.72 bits per heavy atom. The molecule has 164 valence electrons. The van der Waals surface area contributed by atoms with E-state index in [9.17, 15) is 4.79 Å². The van der Waals surface area contributed by atoms with Crippen LogP contribution in [-0.4, -0.2) is 37.8 Å². The number of methoxy groups -OCH3 is 1. The summed E-state index contributed by atoms with van der Waals surface area (Å²) in [6.07, 6.45) is 5.35. The number of ether oxygens (including phenoxy) is 1. The number of amides is 1. The van der Waals surface area contributed by atoms with Crippen molar-refractivity contribution in [3.8, 4) is 5.88 Å². The lowest BCUT2D eigenvalue weighted by Crippen LogP contribution is -2.36. The Kier molecular flexibility index (Phi) is 5.91. The second kappa shape index (κ2) is 9.13. The highest BCUT2D eigenvalue weighted by molar-refractivity contribution is 7.00. The zero-order chi connectivity index (χ0) is 21.9. The van der Waals surface area contributed by atoms with Gasteiger partial charge < -0.3 is 15.4 Å². The molecule has 1 aliphatic rings. The van der Waals surface area contributed by atoms with Crippen molar-refractivity contribution >= 4 is 45.4 Å². The van der Waals surface area contributed by atoms with E-state index in [0.717, 1.165) is 48.8 Å². The van der Waals surface area contributed by atoms with Crippen LogP contribution in [0.25, 0.3) is 22.1 Å². The molecule has 1 fully saturated rings. The van der Waals surface area contributed by atoms with E-state index in [1.54, 1.807) is 25.4 Å². The quantitative estimate of drug-likeness (QED) is 0.461. The zero-order valence-corrected chi connectivity index (χ0v) is 18.6. The van der Waals surface area contributed by atoms with E-state index in [0.29, 0.717) is 23.1 Å². The summed E-state index contributed by atoms with van der Waals surface area (Å²) in [7, 11) is 1.57. The van der Waals surface area contributed by atoms with Crippen molar-refractivity contribution in [3.63, 3.8) is 0 Å². The Morgan fingerprint density at radius 2 is 1.88 bits per heavy atom. The molecular weight excluding hydrogens is 424 g/mol. The van der Waals surface area contributed by atoms with Crippen LogP contribution in [-0.2, 0) is 11.3 Å². The predicted molar refractivity (Wildman–Crippen MR) is 125 cm³/mol. The molecule has 2 N–H and O–H groups in total. The predicted octanol–water partition coefficient (Wildman–Crippen LogP) is 3.93. The van der Waals surface area contributed by atoms with E-state index in [-0.39, 0.29) is 11.8 Å². The summed E-state index contributed by atoms with van der Waals surface area (Å²) in [5, 5.41) is 6.70. The highest BCUT2D eigenvalue weighted by Gasteiger charge is 2.26. The lowest BCUT2D eigenvalue weighted by molar-refractivity contribution is -0.120. The number of hydrogen-bond donors (Lipinski definition) is 2. The molecule has 32 heavy (non-hydrogen) atoms. The molecule has 5 rings (SSSR count). The van der Waals surface area contributed by atoms with Crippen molar-refractivity contribution in [2.24, 2.45) is 5.92 Å². The molecule has 0 aliphatic heterocycles. The second-order valence-corrected chi connectivity index (χ2v) is 8.61. The van der Waals surface area contributed by atoms with E-state index < -0.39 is 0 Å². The summed E-state index contributed by atoms with van der Waals surface area (Å²) in [5.41, 5.74) is 5.14. The number of aromatic nitrogens is 4. The van der Waals surface area contributed by atoms with Crippen LogP contribution >= 0.6 is 11.7 Å². The minimum absolute atomic E-state index is 0.000644. The molecule has 0 bridgehead atoms. The SMILES string of the molecule is COc1ccc2nccc(NC(=O)C3CCC(NCc4ccc5nsnc5c4)CC3)c2n1. The molecule has 8 nitrogen and oxygen atoms in total. The van der Waals surface area contributed by atoms with Gasteiger partial charge in [-0.15, -0.1) is 0 Å². The van der Waals surface area contributed by atoms with Crippen LogP contribution in [0.4, 0.5) is 5.69 Å². The number of fused-ring (bicyclic) bond motifs is 2. The van der Waals surface area contributed by atoms with Gasteiger partial charge in [0.25, 0.3) is 0 Å². The average molecular weight is 449 g/mol. The summed E-state index contributed by atoms with van der Waals surface area (Å²) in [6.45, 7) is 0.797. The van der Waals surface area contributed by atoms with E-state index in [2.05, 4.69) is 41.5 Å². The Morgan fingerprint density at radius 1 is 1.06 bits per heavy atom. The van der Waals surface area contributed by atoms with Gasteiger partial charge in [0, 0.05) is 30.8 Å². The molecule has 3 aromatic heterocycles. The van der Waals surface area contributed by atoms with E-state index in [4.69, 9.17) is 4.74 Å². The minimum atomic E-state index is -0.000644. The van der Waals surface area contributed by atoms with Crippen LogP contribution in [0.5, 0.6) is 5.88 Å². The van der Waals surface area contributed by atoms with Crippen molar-refractivity contribution < 1.29 is 9.53 Å². The lowest BCUT2D eigenvalue weighted by atomic mass is 9.85. The van der Waals surface area contributed by atoms with Crippen LogP contribution in [0.3, 0.4) is 0 Å². The van der Waals surface area contributed by atoms with Gasteiger partial charge in [0.05, 0.1) is 30.0 Å². The van der Waals surface area contributed by atoms with E-state index >= 15 is 0 Å². The smallest absolute Gasteiger partial charge is 0.227 e. The lowest BCUT2D eigenvalue weighted by Gasteiger charge is -2.28.